The van der Waals surface area contributed by atoms with Crippen LogP contribution in [0.2, 0.25) is 5.02 Å². The van der Waals surface area contributed by atoms with Gasteiger partial charge < -0.3 is 5.32 Å². The second-order valence-corrected chi connectivity index (χ2v) is 11.0. The van der Waals surface area contributed by atoms with Gasteiger partial charge in [-0.1, -0.05) is 35.9 Å². The van der Waals surface area contributed by atoms with Crippen LogP contribution in [-0.2, 0) is 14.4 Å². The molecule has 0 spiro atoms. The Hall–Kier alpha value is -3.79. The summed E-state index contributed by atoms with van der Waals surface area (Å²) in [6.45, 7) is 0. The molecule has 0 bridgehead atoms. The van der Waals surface area contributed by atoms with Crippen LogP contribution in [0.15, 0.2) is 67.0 Å². The van der Waals surface area contributed by atoms with Gasteiger partial charge in [0.1, 0.15) is 23.5 Å². The van der Waals surface area contributed by atoms with Crippen LogP contribution in [0.1, 0.15) is 61.9 Å². The Kier molecular flexibility index (Phi) is 8.40. The number of Topliss-reactive ketones (excluding diaryl/α,β-unsaturated/α-hetero) is 1. The summed E-state index contributed by atoms with van der Waals surface area (Å²) in [5.41, 5.74) is 0.335. The molecule has 5 rings (SSSR count). The van der Waals surface area contributed by atoms with Gasteiger partial charge in [0.25, 0.3) is 5.92 Å². The van der Waals surface area contributed by atoms with Crippen molar-refractivity contribution >= 4 is 34.9 Å². The quantitative estimate of drug-likeness (QED) is 0.361. The SMILES string of the molecule is O=C1CCC[C@H](CC(=O)N(c2cccc(F)c2)C(C(=O)NC2CC(F)(F)C2)c2ccccc2Cl)C1c1ncccn1. The fraction of sp³-hybridized carbons (Fsp3) is 0.367. The number of halogens is 4. The lowest BCUT2D eigenvalue weighted by Crippen LogP contribution is -2.54. The van der Waals surface area contributed by atoms with Crippen LogP contribution in [0, 0.1) is 11.7 Å². The zero-order valence-corrected chi connectivity index (χ0v) is 22.7. The lowest BCUT2D eigenvalue weighted by atomic mass is 9.75. The minimum atomic E-state index is -2.88. The maximum absolute atomic E-state index is 14.5. The van der Waals surface area contributed by atoms with E-state index in [0.29, 0.717) is 25.1 Å². The largest absolute Gasteiger partial charge is 0.351 e. The molecule has 0 aliphatic heterocycles. The lowest BCUT2D eigenvalue weighted by Gasteiger charge is -2.39. The molecule has 2 aromatic carbocycles. The minimum Gasteiger partial charge on any atom is -0.351 e. The number of rotatable bonds is 8. The molecule has 2 unspecified atom stereocenters. The van der Waals surface area contributed by atoms with Gasteiger partial charge in [-0.05, 0) is 49.1 Å². The van der Waals surface area contributed by atoms with Crippen LogP contribution in [0.4, 0.5) is 18.9 Å². The van der Waals surface area contributed by atoms with E-state index in [4.69, 9.17) is 11.6 Å². The molecule has 2 fully saturated rings. The zero-order chi connectivity index (χ0) is 29.1. The van der Waals surface area contributed by atoms with Crippen LogP contribution < -0.4 is 10.2 Å². The van der Waals surface area contributed by atoms with Gasteiger partial charge in [0.15, 0.2) is 0 Å². The van der Waals surface area contributed by atoms with Crippen LogP contribution in [0.3, 0.4) is 0 Å². The van der Waals surface area contributed by atoms with Gasteiger partial charge in [0.2, 0.25) is 11.8 Å². The molecule has 11 heteroatoms. The highest BCUT2D eigenvalue weighted by Crippen LogP contribution is 2.41. The van der Waals surface area contributed by atoms with Crippen molar-refractivity contribution in [3.05, 3.63) is 89.2 Å². The predicted molar refractivity (Wildman–Crippen MR) is 146 cm³/mol. The number of nitrogens with zero attached hydrogens (tertiary/aromatic N) is 3. The molecule has 1 N–H and O–H groups in total. The highest BCUT2D eigenvalue weighted by atomic mass is 35.5. The van der Waals surface area contributed by atoms with Crippen LogP contribution in [0.5, 0.6) is 0 Å². The summed E-state index contributed by atoms with van der Waals surface area (Å²) in [5.74, 6) is -5.74. The van der Waals surface area contributed by atoms with Gasteiger partial charge in [-0.15, -0.1) is 0 Å². The third-order valence-electron chi connectivity index (χ3n) is 7.61. The van der Waals surface area contributed by atoms with Crippen molar-refractivity contribution in [3.8, 4) is 0 Å². The first-order valence-electron chi connectivity index (χ1n) is 13.4. The lowest BCUT2D eigenvalue weighted by molar-refractivity contribution is -0.133. The molecule has 41 heavy (non-hydrogen) atoms. The van der Waals surface area contributed by atoms with E-state index in [1.165, 1.54) is 30.6 Å². The summed E-state index contributed by atoms with van der Waals surface area (Å²) in [5, 5.41) is 2.79. The fourth-order valence-corrected chi connectivity index (χ4v) is 5.93. The van der Waals surface area contributed by atoms with Gasteiger partial charge in [0, 0.05) is 60.4 Å². The standard InChI is InChI=1S/C30H28ClF3N4O3/c31-23-10-2-1-9-22(23)27(29(41)37-20-16-30(33,34)17-20)38(21-8-4-7-19(32)15-21)25(40)14-18-6-3-11-24(39)26(18)28-35-12-5-13-36-28/h1-2,4-5,7-10,12-13,15,18,20,26-27H,3,6,11,14,16-17H2,(H,37,41)/t18-,26?,27?/m1/s1. The van der Waals surface area contributed by atoms with Crippen LogP contribution >= 0.6 is 11.6 Å². The predicted octanol–water partition coefficient (Wildman–Crippen LogP) is 5.80. The highest BCUT2D eigenvalue weighted by Gasteiger charge is 2.47. The smallest absolute Gasteiger partial charge is 0.252 e. The van der Waals surface area contributed by atoms with E-state index in [2.05, 4.69) is 15.3 Å². The number of hydrogen-bond donors (Lipinski definition) is 1. The van der Waals surface area contributed by atoms with Crippen molar-refractivity contribution in [1.29, 1.82) is 0 Å². The monoisotopic (exact) mass is 584 g/mol. The van der Waals surface area contributed by atoms with Crippen LogP contribution in [-0.4, -0.2) is 39.5 Å². The number of alkyl halides is 2. The van der Waals surface area contributed by atoms with Gasteiger partial charge in [-0.2, -0.15) is 0 Å². The number of anilines is 1. The number of hydrogen-bond acceptors (Lipinski definition) is 5. The maximum atomic E-state index is 14.5. The fourth-order valence-electron chi connectivity index (χ4n) is 5.69. The first-order chi connectivity index (χ1) is 19.6. The average Bonchev–Trinajstić information content (AvgIpc) is 2.91. The number of aromatic nitrogens is 2. The maximum Gasteiger partial charge on any atom is 0.252 e. The molecule has 1 aromatic heterocycles. The van der Waals surface area contributed by atoms with Gasteiger partial charge >= 0.3 is 0 Å². The van der Waals surface area contributed by atoms with Crippen molar-refractivity contribution in [1.82, 2.24) is 15.3 Å². The highest BCUT2D eigenvalue weighted by molar-refractivity contribution is 6.31. The minimum absolute atomic E-state index is 0.0798. The van der Waals surface area contributed by atoms with Gasteiger partial charge in [0.05, 0.1) is 5.92 Å². The average molecular weight is 585 g/mol. The van der Waals surface area contributed by atoms with E-state index in [0.717, 1.165) is 11.0 Å². The first kappa shape index (κ1) is 28.7. The molecule has 3 aromatic rings. The number of carbonyl (C=O) groups is 3. The number of ketones is 1. The van der Waals surface area contributed by atoms with Crippen molar-refractivity contribution in [3.63, 3.8) is 0 Å². The second kappa shape index (κ2) is 12.0. The van der Waals surface area contributed by atoms with Gasteiger partial charge in [-0.25, -0.2) is 23.1 Å². The number of nitrogens with one attached hydrogen (secondary N) is 1. The molecule has 214 valence electrons. The van der Waals surface area contributed by atoms with Gasteiger partial charge in [-0.3, -0.25) is 19.3 Å². The summed E-state index contributed by atoms with van der Waals surface area (Å²) in [6, 6.07) is 11.1. The third-order valence-corrected chi connectivity index (χ3v) is 7.96. The van der Waals surface area contributed by atoms with E-state index >= 15 is 0 Å². The second-order valence-electron chi connectivity index (χ2n) is 10.5. The Labute approximate surface area is 240 Å². The van der Waals surface area contributed by atoms with E-state index in [-0.39, 0.29) is 28.5 Å². The molecule has 2 amide bonds. The van der Waals surface area contributed by atoms with E-state index in [1.54, 1.807) is 30.3 Å². The summed E-state index contributed by atoms with van der Waals surface area (Å²) < 4.78 is 41.6. The Morgan fingerprint density at radius 3 is 2.49 bits per heavy atom. The summed E-state index contributed by atoms with van der Waals surface area (Å²) in [4.78, 5) is 50.6. The molecular formula is C30H28ClF3N4O3. The molecule has 0 saturated heterocycles. The van der Waals surface area contributed by atoms with Crippen molar-refractivity contribution in [2.75, 3.05) is 4.90 Å². The van der Waals surface area contributed by atoms with E-state index < -0.39 is 60.3 Å². The van der Waals surface area contributed by atoms with E-state index in [9.17, 15) is 27.6 Å². The third kappa shape index (κ3) is 6.43. The normalized spacial score (nSPS) is 21.0. The number of amides is 2. The molecule has 3 atom stereocenters. The Bertz CT molecular complexity index is 1430. The molecule has 0 radical (unpaired) electrons. The summed E-state index contributed by atoms with van der Waals surface area (Å²) in [7, 11) is 0. The topological polar surface area (TPSA) is 92.3 Å². The Morgan fingerprint density at radius 1 is 1.07 bits per heavy atom. The molecule has 2 aliphatic carbocycles. The molecular weight excluding hydrogens is 557 g/mol. The zero-order valence-electron chi connectivity index (χ0n) is 22.0. The summed E-state index contributed by atoms with van der Waals surface area (Å²) in [6.07, 6.45) is 3.30. The number of carbonyl (C=O) groups excluding carboxylic acids is 3. The van der Waals surface area contributed by atoms with Crippen molar-refractivity contribution in [2.45, 2.75) is 62.4 Å². The first-order valence-corrected chi connectivity index (χ1v) is 13.8. The number of benzene rings is 2. The van der Waals surface area contributed by atoms with Crippen LogP contribution in [0.25, 0.3) is 0 Å². The van der Waals surface area contributed by atoms with Crippen molar-refractivity contribution in [2.24, 2.45) is 5.92 Å². The Morgan fingerprint density at radius 2 is 1.80 bits per heavy atom. The summed E-state index contributed by atoms with van der Waals surface area (Å²) >= 11 is 6.50. The molecule has 2 saturated carbocycles. The molecule has 1 heterocycles. The Balaban J connectivity index is 1.53. The van der Waals surface area contributed by atoms with Crippen molar-refractivity contribution < 1.29 is 27.6 Å². The molecule has 7 nitrogen and oxygen atoms in total. The molecule has 2 aliphatic rings. The van der Waals surface area contributed by atoms with E-state index in [1.807, 2.05) is 0 Å².